The lowest BCUT2D eigenvalue weighted by Gasteiger charge is -1.71. The van der Waals surface area contributed by atoms with E-state index in [-0.39, 0.29) is 12.5 Å². The number of aliphatic hydroxyl groups excluding tert-OH is 1. The van der Waals surface area contributed by atoms with E-state index in [2.05, 4.69) is 5.73 Å². The molecule has 0 atom stereocenters. The Morgan fingerprint density at radius 1 is 1.75 bits per heavy atom. The Bertz CT molecular complexity index is 50.0. The summed E-state index contributed by atoms with van der Waals surface area (Å²) in [7, 11) is 0. The van der Waals surface area contributed by atoms with Crippen molar-refractivity contribution in [2.45, 2.75) is 6.92 Å². The predicted molar refractivity (Wildman–Crippen MR) is 31.0 cm³/mol. The minimum atomic E-state index is -0.333. The smallest absolute Gasteiger partial charge is 0.214 e. The summed E-state index contributed by atoms with van der Waals surface area (Å²) in [5.41, 5.74) is 9.25. The van der Waals surface area contributed by atoms with Crippen molar-refractivity contribution in [3.05, 3.63) is 0 Å². The summed E-state index contributed by atoms with van der Waals surface area (Å²) in [6.45, 7) is 1.78. The average Bonchev–Trinajstić information content (AvgIpc) is 1.65. The van der Waals surface area contributed by atoms with Gasteiger partial charge in [0.25, 0.3) is 0 Å². The molecule has 0 heterocycles. The second-order valence-corrected chi connectivity index (χ2v) is 1.12. The van der Waals surface area contributed by atoms with Gasteiger partial charge in [0.15, 0.2) is 0 Å². The second-order valence-electron chi connectivity index (χ2n) is 1.12. The Labute approximate surface area is 48.5 Å². The molecule has 0 saturated carbocycles. The van der Waals surface area contributed by atoms with Crippen LogP contribution in [0.2, 0.25) is 0 Å². The van der Waals surface area contributed by atoms with Gasteiger partial charge in [0.05, 0.1) is 6.61 Å². The van der Waals surface area contributed by atoms with E-state index in [1.54, 1.807) is 0 Å². The number of carbonyl (C=O) groups is 1. The molecule has 50 valence electrons. The van der Waals surface area contributed by atoms with Crippen molar-refractivity contribution in [2.24, 2.45) is 11.5 Å². The van der Waals surface area contributed by atoms with Gasteiger partial charge in [-0.05, 0) is 0 Å². The van der Waals surface area contributed by atoms with Crippen LogP contribution in [-0.2, 0) is 4.79 Å². The first-order valence-electron chi connectivity index (χ1n) is 2.22. The molecule has 0 aliphatic rings. The summed E-state index contributed by atoms with van der Waals surface area (Å²) >= 11 is 0. The van der Waals surface area contributed by atoms with Crippen LogP contribution in [0.4, 0.5) is 0 Å². The first-order chi connectivity index (χ1) is 3.65. The van der Waals surface area contributed by atoms with Gasteiger partial charge in [-0.25, -0.2) is 0 Å². The van der Waals surface area contributed by atoms with Gasteiger partial charge in [-0.3, -0.25) is 4.79 Å². The van der Waals surface area contributed by atoms with Crippen LogP contribution in [-0.4, -0.2) is 24.2 Å². The van der Waals surface area contributed by atoms with E-state index in [1.807, 2.05) is 0 Å². The third kappa shape index (κ3) is 683. The van der Waals surface area contributed by atoms with Crippen molar-refractivity contribution in [3.63, 3.8) is 0 Å². The fourth-order valence-corrected chi connectivity index (χ4v) is 0. The van der Waals surface area contributed by atoms with E-state index in [4.69, 9.17) is 10.8 Å². The molecule has 5 N–H and O–H groups in total. The Morgan fingerprint density at radius 3 is 1.88 bits per heavy atom. The lowest BCUT2D eigenvalue weighted by molar-refractivity contribution is -0.115. The van der Waals surface area contributed by atoms with E-state index in [0.717, 1.165) is 0 Å². The zero-order chi connectivity index (χ0) is 6.99. The van der Waals surface area contributed by atoms with Crippen molar-refractivity contribution in [3.8, 4) is 0 Å². The number of hydrogen-bond acceptors (Lipinski definition) is 3. The SMILES string of the molecule is CC(N)=O.NCCO. The number of nitrogens with two attached hydrogens (primary N) is 2. The van der Waals surface area contributed by atoms with Crippen molar-refractivity contribution in [2.75, 3.05) is 13.2 Å². The normalized spacial score (nSPS) is 6.88. The number of primary amides is 1. The summed E-state index contributed by atoms with van der Waals surface area (Å²) in [5.74, 6) is -0.333. The van der Waals surface area contributed by atoms with Crippen molar-refractivity contribution in [1.29, 1.82) is 0 Å². The van der Waals surface area contributed by atoms with Crippen LogP contribution < -0.4 is 11.5 Å². The van der Waals surface area contributed by atoms with E-state index in [1.165, 1.54) is 6.92 Å². The van der Waals surface area contributed by atoms with Gasteiger partial charge >= 0.3 is 0 Å². The first-order valence-corrected chi connectivity index (χ1v) is 2.22. The van der Waals surface area contributed by atoms with E-state index in [0.29, 0.717) is 6.54 Å². The zero-order valence-corrected chi connectivity index (χ0v) is 4.92. The highest BCUT2D eigenvalue weighted by molar-refractivity contribution is 5.70. The Kier molecular flexibility index (Phi) is 12.5. The molecular formula is C4H12N2O2. The fraction of sp³-hybridized carbons (Fsp3) is 0.750. The summed E-state index contributed by atoms with van der Waals surface area (Å²) < 4.78 is 0. The van der Waals surface area contributed by atoms with Gasteiger partial charge in [-0.2, -0.15) is 0 Å². The third-order valence-electron chi connectivity index (χ3n) is 0.129. The summed E-state index contributed by atoms with van der Waals surface area (Å²) in [5, 5.41) is 7.75. The molecule has 4 nitrogen and oxygen atoms in total. The maximum atomic E-state index is 9.22. The molecule has 0 radical (unpaired) electrons. The highest BCUT2D eigenvalue weighted by atomic mass is 16.3. The van der Waals surface area contributed by atoms with Gasteiger partial charge in [0.2, 0.25) is 5.91 Å². The lowest BCUT2D eigenvalue weighted by atomic mass is 10.8. The molecule has 0 saturated heterocycles. The van der Waals surface area contributed by atoms with Crippen LogP contribution in [0, 0.1) is 0 Å². The van der Waals surface area contributed by atoms with Crippen LogP contribution in [0.5, 0.6) is 0 Å². The minimum Gasteiger partial charge on any atom is -0.395 e. The van der Waals surface area contributed by atoms with Crippen LogP contribution in [0.3, 0.4) is 0 Å². The van der Waals surface area contributed by atoms with Gasteiger partial charge in [-0.15, -0.1) is 0 Å². The van der Waals surface area contributed by atoms with Crippen molar-refractivity contribution in [1.82, 2.24) is 0 Å². The Morgan fingerprint density at radius 2 is 1.88 bits per heavy atom. The highest BCUT2D eigenvalue weighted by Gasteiger charge is 1.61. The Balaban J connectivity index is 0. The predicted octanol–water partition coefficient (Wildman–Crippen LogP) is -1.57. The number of aliphatic hydroxyl groups is 1. The van der Waals surface area contributed by atoms with Gasteiger partial charge in [0.1, 0.15) is 0 Å². The maximum absolute atomic E-state index is 9.22. The summed E-state index contributed by atoms with van der Waals surface area (Å²) in [6.07, 6.45) is 0. The molecule has 0 aliphatic carbocycles. The molecule has 0 aromatic carbocycles. The van der Waals surface area contributed by atoms with Gasteiger partial charge in [0, 0.05) is 13.5 Å². The Hall–Kier alpha value is -0.610. The zero-order valence-electron chi connectivity index (χ0n) is 4.92. The minimum absolute atomic E-state index is 0.0972. The number of rotatable bonds is 1. The van der Waals surface area contributed by atoms with Crippen LogP contribution in [0.1, 0.15) is 6.92 Å². The largest absolute Gasteiger partial charge is 0.395 e. The van der Waals surface area contributed by atoms with Gasteiger partial charge < -0.3 is 16.6 Å². The molecule has 8 heavy (non-hydrogen) atoms. The molecule has 0 aromatic heterocycles. The molecule has 0 bridgehead atoms. The number of hydrogen-bond donors (Lipinski definition) is 3. The standard InChI is InChI=1S/C2H5NO.C2H7NO/c1-2(3)4;3-1-2-4/h1H3,(H2,3,4);4H,1-3H2. The highest BCUT2D eigenvalue weighted by Crippen LogP contribution is 1.33. The van der Waals surface area contributed by atoms with Crippen LogP contribution >= 0.6 is 0 Å². The average molecular weight is 120 g/mol. The number of carbonyl (C=O) groups excluding carboxylic acids is 1. The third-order valence-corrected chi connectivity index (χ3v) is 0.129. The molecule has 0 unspecified atom stereocenters. The van der Waals surface area contributed by atoms with Crippen molar-refractivity contribution >= 4 is 5.91 Å². The lowest BCUT2D eigenvalue weighted by Crippen LogP contribution is -2.02. The van der Waals surface area contributed by atoms with E-state index in [9.17, 15) is 4.79 Å². The first kappa shape index (κ1) is 10.4. The molecule has 1 amide bonds. The fourth-order valence-electron chi connectivity index (χ4n) is 0. The van der Waals surface area contributed by atoms with E-state index >= 15 is 0 Å². The monoisotopic (exact) mass is 120 g/mol. The molecule has 4 heteroatoms. The van der Waals surface area contributed by atoms with E-state index < -0.39 is 0 Å². The molecular weight excluding hydrogens is 108 g/mol. The van der Waals surface area contributed by atoms with Crippen LogP contribution in [0.25, 0.3) is 0 Å². The number of amides is 1. The molecule has 0 aromatic rings. The molecule has 0 rings (SSSR count). The molecule has 0 spiro atoms. The van der Waals surface area contributed by atoms with Crippen LogP contribution in [0.15, 0.2) is 0 Å². The summed E-state index contributed by atoms with van der Waals surface area (Å²) in [4.78, 5) is 9.22. The summed E-state index contributed by atoms with van der Waals surface area (Å²) in [6, 6.07) is 0. The quantitative estimate of drug-likeness (QED) is 0.390. The maximum Gasteiger partial charge on any atom is 0.214 e. The topological polar surface area (TPSA) is 89.3 Å². The molecule has 0 aliphatic heterocycles. The van der Waals surface area contributed by atoms with Gasteiger partial charge in [-0.1, -0.05) is 0 Å². The second kappa shape index (κ2) is 9.63. The van der Waals surface area contributed by atoms with Crippen molar-refractivity contribution < 1.29 is 9.90 Å². The molecule has 0 fully saturated rings.